The van der Waals surface area contributed by atoms with Gasteiger partial charge in [-0.15, -0.1) is 0 Å². The van der Waals surface area contributed by atoms with Gasteiger partial charge in [-0.25, -0.2) is 13.2 Å². The number of sulfonamides is 1. The fourth-order valence-corrected chi connectivity index (χ4v) is 3.96. The minimum absolute atomic E-state index is 0.107. The number of hydrogen-bond donors (Lipinski definition) is 0. The fraction of sp³-hybridized carbons (Fsp3) is 0.238. The lowest BCUT2D eigenvalue weighted by molar-refractivity contribution is -0.138. The van der Waals surface area contributed by atoms with E-state index in [2.05, 4.69) is 0 Å². The Morgan fingerprint density at radius 1 is 1.07 bits per heavy atom. The van der Waals surface area contributed by atoms with Gasteiger partial charge in [0.2, 0.25) is 10.0 Å². The van der Waals surface area contributed by atoms with E-state index in [4.69, 9.17) is 10.00 Å². The third kappa shape index (κ3) is 5.52. The molecule has 146 valence electrons. The zero-order valence-corrected chi connectivity index (χ0v) is 16.6. The van der Waals surface area contributed by atoms with Gasteiger partial charge in [0.25, 0.3) is 0 Å². The summed E-state index contributed by atoms with van der Waals surface area (Å²) in [6, 6.07) is 15.1. The monoisotopic (exact) mass is 398 g/mol. The second kappa shape index (κ2) is 9.83. The Balaban J connectivity index is 1.96. The number of nitrogens with zero attached hydrogens (tertiary/aromatic N) is 2. The van der Waals surface area contributed by atoms with E-state index in [0.717, 1.165) is 5.56 Å². The molecule has 0 aliphatic carbocycles. The zero-order chi connectivity index (χ0) is 20.6. The molecule has 2 aromatic rings. The van der Waals surface area contributed by atoms with Gasteiger partial charge in [-0.05, 0) is 41.5 Å². The Labute approximate surface area is 165 Å². The molecule has 0 aliphatic rings. The highest BCUT2D eigenvalue weighted by Gasteiger charge is 2.20. The van der Waals surface area contributed by atoms with Crippen LogP contribution in [0.5, 0.6) is 0 Å². The lowest BCUT2D eigenvalue weighted by Crippen LogP contribution is -2.30. The molecular formula is C21H22N2O4S. The lowest BCUT2D eigenvalue weighted by Gasteiger charge is -2.18. The first kappa shape index (κ1) is 21.4. The van der Waals surface area contributed by atoms with E-state index in [1.54, 1.807) is 56.3 Å². The molecule has 0 aromatic heterocycles. The molecule has 0 saturated heterocycles. The molecule has 7 heteroatoms. The maximum atomic E-state index is 12.4. The normalized spacial score (nSPS) is 11.5. The number of benzene rings is 2. The van der Waals surface area contributed by atoms with E-state index in [1.165, 1.54) is 22.5 Å². The Hall–Kier alpha value is -2.95. The molecule has 6 nitrogen and oxygen atoms in total. The van der Waals surface area contributed by atoms with Crippen LogP contribution in [-0.4, -0.2) is 31.8 Å². The molecule has 0 unspecified atom stereocenters. The fourth-order valence-electron chi connectivity index (χ4n) is 2.51. The van der Waals surface area contributed by atoms with Crippen molar-refractivity contribution in [3.63, 3.8) is 0 Å². The van der Waals surface area contributed by atoms with Crippen molar-refractivity contribution < 1.29 is 17.9 Å². The molecule has 0 atom stereocenters. The van der Waals surface area contributed by atoms with Crippen LogP contribution in [0.3, 0.4) is 0 Å². The summed E-state index contributed by atoms with van der Waals surface area (Å²) in [5.41, 5.74) is 2.02. The van der Waals surface area contributed by atoms with Gasteiger partial charge in [0.1, 0.15) is 6.61 Å². The topological polar surface area (TPSA) is 87.5 Å². The van der Waals surface area contributed by atoms with Crippen LogP contribution in [0.15, 0.2) is 59.5 Å². The molecule has 0 radical (unpaired) electrons. The Morgan fingerprint density at radius 3 is 2.21 bits per heavy atom. The SMILES string of the molecule is CCN(CC)S(=O)(=O)c1ccc(C=CC(=O)OCc2ccc(C#N)cc2)cc1. The predicted molar refractivity (Wildman–Crippen MR) is 107 cm³/mol. The van der Waals surface area contributed by atoms with Crippen LogP contribution in [0.25, 0.3) is 6.08 Å². The Bertz CT molecular complexity index is 969. The largest absolute Gasteiger partial charge is 0.458 e. The highest BCUT2D eigenvalue weighted by molar-refractivity contribution is 7.89. The van der Waals surface area contributed by atoms with Gasteiger partial charge in [-0.3, -0.25) is 0 Å². The van der Waals surface area contributed by atoms with Gasteiger partial charge in [0.05, 0.1) is 16.5 Å². The third-order valence-electron chi connectivity index (χ3n) is 4.10. The van der Waals surface area contributed by atoms with E-state index in [9.17, 15) is 13.2 Å². The highest BCUT2D eigenvalue weighted by Crippen LogP contribution is 2.17. The summed E-state index contributed by atoms with van der Waals surface area (Å²) in [6.07, 6.45) is 2.85. The summed E-state index contributed by atoms with van der Waals surface area (Å²) in [6.45, 7) is 4.51. The average Bonchev–Trinajstić information content (AvgIpc) is 2.72. The van der Waals surface area contributed by atoms with Crippen molar-refractivity contribution in [3.8, 4) is 6.07 Å². The van der Waals surface area contributed by atoms with Gasteiger partial charge in [-0.1, -0.05) is 38.1 Å². The summed E-state index contributed by atoms with van der Waals surface area (Å²) in [5, 5.41) is 8.76. The van der Waals surface area contributed by atoms with Crippen molar-refractivity contribution in [1.29, 1.82) is 5.26 Å². The molecule has 2 rings (SSSR count). The van der Waals surface area contributed by atoms with Crippen molar-refractivity contribution in [1.82, 2.24) is 4.31 Å². The Kier molecular flexibility index (Phi) is 7.50. The minimum atomic E-state index is -3.50. The van der Waals surface area contributed by atoms with Crippen LogP contribution in [-0.2, 0) is 26.2 Å². The molecule has 0 aliphatic heterocycles. The number of nitriles is 1. The number of carbonyl (C=O) groups excluding carboxylic acids is 1. The molecule has 2 aromatic carbocycles. The van der Waals surface area contributed by atoms with E-state index in [0.29, 0.717) is 24.2 Å². The molecule has 0 bridgehead atoms. The van der Waals surface area contributed by atoms with Crippen molar-refractivity contribution >= 4 is 22.1 Å². The van der Waals surface area contributed by atoms with Crippen molar-refractivity contribution in [2.45, 2.75) is 25.3 Å². The van der Waals surface area contributed by atoms with Crippen LogP contribution < -0.4 is 0 Å². The van der Waals surface area contributed by atoms with Gasteiger partial charge in [0, 0.05) is 19.2 Å². The van der Waals surface area contributed by atoms with E-state index < -0.39 is 16.0 Å². The molecule has 0 amide bonds. The van der Waals surface area contributed by atoms with Gasteiger partial charge >= 0.3 is 5.97 Å². The minimum Gasteiger partial charge on any atom is -0.458 e. The number of hydrogen-bond acceptors (Lipinski definition) is 5. The standard InChI is InChI=1S/C21H22N2O4S/c1-3-23(4-2)28(25,26)20-12-9-17(10-13-20)11-14-21(24)27-16-19-7-5-18(15-22)6-8-19/h5-14H,3-4,16H2,1-2H3. The maximum absolute atomic E-state index is 12.4. The second-order valence-electron chi connectivity index (χ2n) is 5.91. The third-order valence-corrected chi connectivity index (χ3v) is 6.16. The molecular weight excluding hydrogens is 376 g/mol. The van der Waals surface area contributed by atoms with Crippen LogP contribution in [0.1, 0.15) is 30.5 Å². The van der Waals surface area contributed by atoms with E-state index >= 15 is 0 Å². The van der Waals surface area contributed by atoms with Crippen molar-refractivity contribution in [2.24, 2.45) is 0 Å². The smallest absolute Gasteiger partial charge is 0.331 e. The molecule has 0 N–H and O–H groups in total. The molecule has 28 heavy (non-hydrogen) atoms. The maximum Gasteiger partial charge on any atom is 0.331 e. The Morgan fingerprint density at radius 2 is 1.68 bits per heavy atom. The molecule has 0 spiro atoms. The summed E-state index contributed by atoms with van der Waals surface area (Å²) in [5.74, 6) is -0.510. The van der Waals surface area contributed by atoms with E-state index in [-0.39, 0.29) is 11.5 Å². The number of ether oxygens (including phenoxy) is 1. The lowest BCUT2D eigenvalue weighted by atomic mass is 10.2. The van der Waals surface area contributed by atoms with Gasteiger partial charge in [0.15, 0.2) is 0 Å². The van der Waals surface area contributed by atoms with Crippen molar-refractivity contribution in [3.05, 3.63) is 71.3 Å². The van der Waals surface area contributed by atoms with Crippen LogP contribution in [0.4, 0.5) is 0 Å². The average molecular weight is 398 g/mol. The summed E-state index contributed by atoms with van der Waals surface area (Å²) in [4.78, 5) is 12.1. The number of esters is 1. The first-order valence-corrected chi connectivity index (χ1v) is 10.3. The van der Waals surface area contributed by atoms with Crippen LogP contribution in [0, 0.1) is 11.3 Å². The highest BCUT2D eigenvalue weighted by atomic mass is 32.2. The molecule has 0 saturated carbocycles. The summed E-state index contributed by atoms with van der Waals surface area (Å²) < 4.78 is 31.4. The molecule has 0 heterocycles. The summed E-state index contributed by atoms with van der Waals surface area (Å²) >= 11 is 0. The molecule has 0 fully saturated rings. The van der Waals surface area contributed by atoms with Crippen LogP contribution in [0.2, 0.25) is 0 Å². The first-order valence-electron chi connectivity index (χ1n) is 8.84. The number of carbonyl (C=O) groups is 1. The van der Waals surface area contributed by atoms with Crippen molar-refractivity contribution in [2.75, 3.05) is 13.1 Å². The first-order chi connectivity index (χ1) is 13.4. The second-order valence-corrected chi connectivity index (χ2v) is 7.85. The zero-order valence-electron chi connectivity index (χ0n) is 15.8. The van der Waals surface area contributed by atoms with E-state index in [1.807, 2.05) is 6.07 Å². The summed E-state index contributed by atoms with van der Waals surface area (Å²) in [7, 11) is -3.50. The van der Waals surface area contributed by atoms with Gasteiger partial charge < -0.3 is 4.74 Å². The number of rotatable bonds is 8. The van der Waals surface area contributed by atoms with Gasteiger partial charge in [-0.2, -0.15) is 9.57 Å². The quantitative estimate of drug-likeness (QED) is 0.503. The van der Waals surface area contributed by atoms with Crippen LogP contribution >= 0.6 is 0 Å². The predicted octanol–water partition coefficient (Wildman–Crippen LogP) is 3.35.